The molecule has 1 atom stereocenters. The second-order valence-electron chi connectivity index (χ2n) is 5.23. The van der Waals surface area contributed by atoms with Gasteiger partial charge in [-0.05, 0) is 43.7 Å². The fraction of sp³-hybridized carbons (Fsp3) is 0.438. The molecule has 1 aromatic heterocycles. The van der Waals surface area contributed by atoms with Crippen LogP contribution in [0.25, 0.3) is 0 Å². The van der Waals surface area contributed by atoms with Crippen molar-refractivity contribution in [3.05, 3.63) is 52.1 Å². The fourth-order valence-electron chi connectivity index (χ4n) is 2.42. The van der Waals surface area contributed by atoms with Crippen molar-refractivity contribution in [1.29, 1.82) is 0 Å². The van der Waals surface area contributed by atoms with Gasteiger partial charge in [-0.1, -0.05) is 24.6 Å². The maximum atomic E-state index is 13.1. The number of halogens is 2. The monoisotopic (exact) mass is 309 g/mol. The van der Waals surface area contributed by atoms with E-state index in [1.165, 1.54) is 17.8 Å². The van der Waals surface area contributed by atoms with Crippen LogP contribution < -0.4 is 5.32 Å². The van der Waals surface area contributed by atoms with Crippen molar-refractivity contribution in [3.8, 4) is 0 Å². The van der Waals surface area contributed by atoms with Crippen molar-refractivity contribution in [2.24, 2.45) is 7.05 Å². The highest BCUT2D eigenvalue weighted by Crippen LogP contribution is 2.20. The van der Waals surface area contributed by atoms with Crippen LogP contribution in [-0.4, -0.2) is 22.9 Å². The molecular formula is C16H21ClFN3. The smallest absolute Gasteiger partial charge is 0.124 e. The standard InChI is InChI=1S/C16H21ClFN3/c1-4-13-9-15(21(3)20-13)10-14(19-2)7-11-5-6-12(18)8-16(11)17/h5-6,8-9,14,19H,4,7,10H2,1-3H3. The van der Waals surface area contributed by atoms with E-state index >= 15 is 0 Å². The summed E-state index contributed by atoms with van der Waals surface area (Å²) < 4.78 is 15.0. The minimum atomic E-state index is -0.302. The first-order chi connectivity index (χ1) is 10.0. The third-order valence-electron chi connectivity index (χ3n) is 3.73. The van der Waals surface area contributed by atoms with Crippen molar-refractivity contribution in [2.75, 3.05) is 7.05 Å². The van der Waals surface area contributed by atoms with Gasteiger partial charge in [0.2, 0.25) is 0 Å². The normalized spacial score (nSPS) is 12.6. The summed E-state index contributed by atoms with van der Waals surface area (Å²) in [6.07, 6.45) is 2.54. The van der Waals surface area contributed by atoms with E-state index in [2.05, 4.69) is 23.4 Å². The molecule has 1 aromatic carbocycles. The van der Waals surface area contributed by atoms with E-state index in [0.29, 0.717) is 5.02 Å². The number of aryl methyl sites for hydroxylation is 2. The van der Waals surface area contributed by atoms with Gasteiger partial charge < -0.3 is 5.32 Å². The molecule has 114 valence electrons. The third-order valence-corrected chi connectivity index (χ3v) is 4.09. The Morgan fingerprint density at radius 3 is 2.67 bits per heavy atom. The number of hydrogen-bond donors (Lipinski definition) is 1. The molecule has 0 fully saturated rings. The Hall–Kier alpha value is -1.39. The van der Waals surface area contributed by atoms with Gasteiger partial charge in [-0.3, -0.25) is 4.68 Å². The van der Waals surface area contributed by atoms with Crippen molar-refractivity contribution < 1.29 is 4.39 Å². The van der Waals surface area contributed by atoms with Crippen molar-refractivity contribution in [1.82, 2.24) is 15.1 Å². The van der Waals surface area contributed by atoms with Gasteiger partial charge in [-0.2, -0.15) is 5.10 Å². The van der Waals surface area contributed by atoms with Gasteiger partial charge in [0.1, 0.15) is 5.82 Å². The van der Waals surface area contributed by atoms with E-state index in [9.17, 15) is 4.39 Å². The van der Waals surface area contributed by atoms with Gasteiger partial charge >= 0.3 is 0 Å². The van der Waals surface area contributed by atoms with E-state index in [1.807, 2.05) is 18.8 Å². The quantitative estimate of drug-likeness (QED) is 0.888. The highest BCUT2D eigenvalue weighted by molar-refractivity contribution is 6.31. The van der Waals surface area contributed by atoms with Crippen LogP contribution in [0, 0.1) is 5.82 Å². The number of hydrogen-bond acceptors (Lipinski definition) is 2. The average Bonchev–Trinajstić information content (AvgIpc) is 2.81. The maximum Gasteiger partial charge on any atom is 0.124 e. The Kier molecular flexibility index (Phi) is 5.37. The summed E-state index contributed by atoms with van der Waals surface area (Å²) in [4.78, 5) is 0. The van der Waals surface area contributed by atoms with Gasteiger partial charge in [0, 0.05) is 30.2 Å². The van der Waals surface area contributed by atoms with Crippen LogP contribution in [-0.2, 0) is 26.3 Å². The van der Waals surface area contributed by atoms with E-state index in [1.54, 1.807) is 6.07 Å². The first-order valence-electron chi connectivity index (χ1n) is 7.16. The lowest BCUT2D eigenvalue weighted by atomic mass is 10.0. The number of aromatic nitrogens is 2. The molecule has 21 heavy (non-hydrogen) atoms. The van der Waals surface area contributed by atoms with Gasteiger partial charge in [0.15, 0.2) is 0 Å². The molecule has 0 saturated carbocycles. The van der Waals surface area contributed by atoms with Gasteiger partial charge in [-0.25, -0.2) is 4.39 Å². The largest absolute Gasteiger partial charge is 0.316 e. The lowest BCUT2D eigenvalue weighted by molar-refractivity contribution is 0.533. The van der Waals surface area contributed by atoms with Crippen LogP contribution >= 0.6 is 11.6 Å². The van der Waals surface area contributed by atoms with Crippen LogP contribution in [0.2, 0.25) is 5.02 Å². The van der Waals surface area contributed by atoms with Crippen molar-refractivity contribution in [3.63, 3.8) is 0 Å². The number of likely N-dealkylation sites (N-methyl/N-ethyl adjacent to an activating group) is 1. The average molecular weight is 310 g/mol. The zero-order valence-electron chi connectivity index (χ0n) is 12.7. The second-order valence-corrected chi connectivity index (χ2v) is 5.64. The predicted molar refractivity (Wildman–Crippen MR) is 84.3 cm³/mol. The maximum absolute atomic E-state index is 13.1. The van der Waals surface area contributed by atoms with Crippen LogP contribution in [0.4, 0.5) is 4.39 Å². The molecule has 1 heterocycles. The summed E-state index contributed by atoms with van der Waals surface area (Å²) >= 11 is 6.11. The second kappa shape index (κ2) is 7.05. The van der Waals surface area contributed by atoms with Crippen LogP contribution in [0.3, 0.4) is 0 Å². The molecule has 2 aromatic rings. The number of rotatable bonds is 6. The number of benzene rings is 1. The summed E-state index contributed by atoms with van der Waals surface area (Å²) in [5, 5.41) is 8.25. The van der Waals surface area contributed by atoms with Gasteiger partial charge in [0.05, 0.1) is 5.69 Å². The topological polar surface area (TPSA) is 29.9 Å². The van der Waals surface area contributed by atoms with Crippen molar-refractivity contribution >= 4 is 11.6 Å². The van der Waals surface area contributed by atoms with Crippen LogP contribution in [0.1, 0.15) is 23.9 Å². The number of nitrogens with one attached hydrogen (secondary N) is 1. The highest BCUT2D eigenvalue weighted by atomic mass is 35.5. The molecule has 0 amide bonds. The molecule has 0 saturated heterocycles. The molecular weight excluding hydrogens is 289 g/mol. The summed E-state index contributed by atoms with van der Waals surface area (Å²) in [5.74, 6) is -0.302. The zero-order chi connectivity index (χ0) is 15.4. The summed E-state index contributed by atoms with van der Waals surface area (Å²) in [6, 6.07) is 6.93. The molecule has 1 N–H and O–H groups in total. The minimum Gasteiger partial charge on any atom is -0.316 e. The molecule has 0 aliphatic carbocycles. The predicted octanol–water partition coefficient (Wildman–Crippen LogP) is 3.15. The first-order valence-corrected chi connectivity index (χ1v) is 7.54. The molecule has 0 bridgehead atoms. The molecule has 0 aliphatic heterocycles. The highest BCUT2D eigenvalue weighted by Gasteiger charge is 2.14. The Labute approximate surface area is 130 Å². The van der Waals surface area contributed by atoms with E-state index in [4.69, 9.17) is 11.6 Å². The Morgan fingerprint density at radius 2 is 2.10 bits per heavy atom. The minimum absolute atomic E-state index is 0.230. The van der Waals surface area contributed by atoms with Gasteiger partial charge in [-0.15, -0.1) is 0 Å². The molecule has 0 spiro atoms. The fourth-order valence-corrected chi connectivity index (χ4v) is 2.66. The van der Waals surface area contributed by atoms with Gasteiger partial charge in [0.25, 0.3) is 0 Å². The Morgan fingerprint density at radius 1 is 1.33 bits per heavy atom. The van der Waals surface area contributed by atoms with E-state index in [-0.39, 0.29) is 11.9 Å². The SMILES string of the molecule is CCc1cc(CC(Cc2ccc(F)cc2Cl)NC)n(C)n1. The Balaban J connectivity index is 2.10. The summed E-state index contributed by atoms with van der Waals surface area (Å²) in [6.45, 7) is 2.10. The van der Waals surface area contributed by atoms with Crippen LogP contribution in [0.15, 0.2) is 24.3 Å². The van der Waals surface area contributed by atoms with E-state index in [0.717, 1.165) is 30.5 Å². The zero-order valence-corrected chi connectivity index (χ0v) is 13.4. The van der Waals surface area contributed by atoms with E-state index < -0.39 is 0 Å². The molecule has 2 rings (SSSR count). The molecule has 5 heteroatoms. The lowest BCUT2D eigenvalue weighted by Gasteiger charge is -2.17. The third kappa shape index (κ3) is 4.05. The summed E-state index contributed by atoms with van der Waals surface area (Å²) in [7, 11) is 3.89. The van der Waals surface area contributed by atoms with Crippen molar-refractivity contribution in [2.45, 2.75) is 32.2 Å². The lowest BCUT2D eigenvalue weighted by Crippen LogP contribution is -2.30. The molecule has 0 radical (unpaired) electrons. The first kappa shape index (κ1) is 16.0. The van der Waals surface area contributed by atoms with Crippen LogP contribution in [0.5, 0.6) is 0 Å². The molecule has 3 nitrogen and oxygen atoms in total. The summed E-state index contributed by atoms with van der Waals surface area (Å²) in [5.41, 5.74) is 3.24. The molecule has 0 aliphatic rings. The number of nitrogens with zero attached hydrogens (tertiary/aromatic N) is 2. The molecule has 1 unspecified atom stereocenters. The Bertz CT molecular complexity index is 610.